The molecule has 0 amide bonds. The Bertz CT molecular complexity index is 231. The van der Waals surface area contributed by atoms with E-state index in [2.05, 4.69) is 37.8 Å². The molecule has 0 saturated carbocycles. The molecule has 0 N–H and O–H groups in total. The summed E-state index contributed by atoms with van der Waals surface area (Å²) in [5, 5.41) is 0. The standard InChI is InChI=1S/C11H14.Ir/c1-3-7-10(4-2)11-8-5-6-9-11;/h3,5-8H,1,4,9H2,2H3;. The number of hydrogen-bond acceptors (Lipinski definition) is 0. The Kier molecular flexibility index (Phi) is 5.96. The van der Waals surface area contributed by atoms with Gasteiger partial charge in [-0.05, 0) is 24.0 Å². The Labute approximate surface area is 88.1 Å². The monoisotopic (exact) mass is 339 g/mol. The maximum atomic E-state index is 3.70. The molecule has 0 aliphatic heterocycles. The Balaban J connectivity index is 0.00000121. The second kappa shape index (κ2) is 6.16. The average molecular weight is 338 g/mol. The minimum atomic E-state index is 0. The summed E-state index contributed by atoms with van der Waals surface area (Å²) in [6, 6.07) is 0. The van der Waals surface area contributed by atoms with Crippen LogP contribution >= 0.6 is 0 Å². The third-order valence-corrected chi connectivity index (χ3v) is 1.88. The van der Waals surface area contributed by atoms with Crippen molar-refractivity contribution in [3.05, 3.63) is 48.1 Å². The number of hydrogen-bond donors (Lipinski definition) is 0. The van der Waals surface area contributed by atoms with Crippen LogP contribution in [0.15, 0.2) is 48.1 Å². The predicted octanol–water partition coefficient (Wildman–Crippen LogP) is 3.39. The van der Waals surface area contributed by atoms with E-state index in [4.69, 9.17) is 0 Å². The quantitative estimate of drug-likeness (QED) is 0.692. The van der Waals surface area contributed by atoms with E-state index < -0.39 is 0 Å². The fourth-order valence-corrected chi connectivity index (χ4v) is 1.28. The summed E-state index contributed by atoms with van der Waals surface area (Å²) in [4.78, 5) is 0. The van der Waals surface area contributed by atoms with Crippen LogP contribution in [-0.4, -0.2) is 0 Å². The molecule has 1 heteroatoms. The SMILES string of the molecule is C=CC=C(CC)C1=CC=CC1.[Ir]. The Hall–Kier alpha value is -0.391. The van der Waals surface area contributed by atoms with E-state index in [0.29, 0.717) is 0 Å². The molecule has 0 aromatic rings. The van der Waals surface area contributed by atoms with Gasteiger partial charge in [-0.15, -0.1) is 0 Å². The maximum Gasteiger partial charge on any atom is 0 e. The van der Waals surface area contributed by atoms with E-state index >= 15 is 0 Å². The molecule has 0 spiro atoms. The molecule has 1 radical (unpaired) electrons. The van der Waals surface area contributed by atoms with Crippen LogP contribution < -0.4 is 0 Å². The first-order valence-electron chi connectivity index (χ1n) is 4.06. The van der Waals surface area contributed by atoms with Crippen LogP contribution in [0.1, 0.15) is 19.8 Å². The molecule has 1 aliphatic rings. The van der Waals surface area contributed by atoms with E-state index in [1.54, 1.807) is 0 Å². The molecule has 0 aromatic heterocycles. The summed E-state index contributed by atoms with van der Waals surface area (Å²) in [5.74, 6) is 0. The van der Waals surface area contributed by atoms with Crippen molar-refractivity contribution in [2.75, 3.05) is 0 Å². The van der Waals surface area contributed by atoms with Gasteiger partial charge in [0.05, 0.1) is 0 Å². The van der Waals surface area contributed by atoms with E-state index in [0.717, 1.165) is 12.8 Å². The van der Waals surface area contributed by atoms with Gasteiger partial charge in [-0.3, -0.25) is 0 Å². The Morgan fingerprint density at radius 2 is 2.42 bits per heavy atom. The molecule has 0 unspecified atom stereocenters. The molecular formula is C11H14Ir. The molecule has 0 atom stereocenters. The second-order valence-corrected chi connectivity index (χ2v) is 2.61. The van der Waals surface area contributed by atoms with Crippen molar-refractivity contribution in [2.45, 2.75) is 19.8 Å². The molecule has 67 valence electrons. The van der Waals surface area contributed by atoms with Crippen LogP contribution in [0.4, 0.5) is 0 Å². The third-order valence-electron chi connectivity index (χ3n) is 1.88. The van der Waals surface area contributed by atoms with Crippen LogP contribution in [0.3, 0.4) is 0 Å². The molecule has 12 heavy (non-hydrogen) atoms. The zero-order chi connectivity index (χ0) is 8.10. The van der Waals surface area contributed by atoms with Crippen molar-refractivity contribution in [1.82, 2.24) is 0 Å². The van der Waals surface area contributed by atoms with Gasteiger partial charge in [-0.2, -0.15) is 0 Å². The van der Waals surface area contributed by atoms with Gasteiger partial charge in [0.1, 0.15) is 0 Å². The van der Waals surface area contributed by atoms with E-state index in [9.17, 15) is 0 Å². The molecule has 1 aliphatic carbocycles. The fraction of sp³-hybridized carbons (Fsp3) is 0.273. The van der Waals surface area contributed by atoms with Crippen LogP contribution in [0.2, 0.25) is 0 Å². The number of rotatable bonds is 3. The largest absolute Gasteiger partial charge is 0.0991 e. The molecule has 1 rings (SSSR count). The van der Waals surface area contributed by atoms with Crippen LogP contribution in [0.25, 0.3) is 0 Å². The van der Waals surface area contributed by atoms with Crippen molar-refractivity contribution in [2.24, 2.45) is 0 Å². The van der Waals surface area contributed by atoms with Crippen LogP contribution in [0.5, 0.6) is 0 Å². The van der Waals surface area contributed by atoms with Crippen molar-refractivity contribution in [1.29, 1.82) is 0 Å². The van der Waals surface area contributed by atoms with Crippen molar-refractivity contribution < 1.29 is 20.1 Å². The Morgan fingerprint density at radius 3 is 2.83 bits per heavy atom. The molecule has 0 nitrogen and oxygen atoms in total. The van der Waals surface area contributed by atoms with Gasteiger partial charge >= 0.3 is 0 Å². The normalized spacial score (nSPS) is 15.4. The first kappa shape index (κ1) is 11.6. The molecule has 0 aromatic carbocycles. The molecular weight excluding hydrogens is 324 g/mol. The van der Waals surface area contributed by atoms with Gasteiger partial charge in [0.15, 0.2) is 0 Å². The van der Waals surface area contributed by atoms with E-state index in [1.807, 2.05) is 6.08 Å². The molecule has 0 fully saturated rings. The minimum absolute atomic E-state index is 0. The minimum Gasteiger partial charge on any atom is -0.0991 e. The molecule has 0 heterocycles. The summed E-state index contributed by atoms with van der Waals surface area (Å²) in [5.41, 5.74) is 2.84. The second-order valence-electron chi connectivity index (χ2n) is 2.61. The van der Waals surface area contributed by atoms with Crippen molar-refractivity contribution in [3.8, 4) is 0 Å². The van der Waals surface area contributed by atoms with Gasteiger partial charge in [0.2, 0.25) is 0 Å². The van der Waals surface area contributed by atoms with Crippen molar-refractivity contribution in [3.63, 3.8) is 0 Å². The zero-order valence-electron chi connectivity index (χ0n) is 7.34. The van der Waals surface area contributed by atoms with E-state index in [-0.39, 0.29) is 20.1 Å². The average Bonchev–Trinajstić information content (AvgIpc) is 2.52. The predicted molar refractivity (Wildman–Crippen MR) is 50.4 cm³/mol. The molecule has 0 saturated heterocycles. The topological polar surface area (TPSA) is 0 Å². The van der Waals surface area contributed by atoms with Crippen LogP contribution in [0, 0.1) is 0 Å². The maximum absolute atomic E-state index is 3.70. The fourth-order valence-electron chi connectivity index (χ4n) is 1.28. The van der Waals surface area contributed by atoms with Gasteiger partial charge in [-0.1, -0.05) is 43.9 Å². The van der Waals surface area contributed by atoms with Crippen molar-refractivity contribution >= 4 is 0 Å². The first-order chi connectivity index (χ1) is 5.38. The van der Waals surface area contributed by atoms with Gasteiger partial charge in [-0.25, -0.2) is 0 Å². The summed E-state index contributed by atoms with van der Waals surface area (Å²) < 4.78 is 0. The Morgan fingerprint density at radius 1 is 1.67 bits per heavy atom. The van der Waals surface area contributed by atoms with Gasteiger partial charge < -0.3 is 0 Å². The smallest absolute Gasteiger partial charge is 0 e. The zero-order valence-corrected chi connectivity index (χ0v) is 9.74. The van der Waals surface area contributed by atoms with Gasteiger partial charge in [0, 0.05) is 20.1 Å². The third kappa shape index (κ3) is 2.92. The molecule has 0 bridgehead atoms. The summed E-state index contributed by atoms with van der Waals surface area (Å²) >= 11 is 0. The van der Waals surface area contributed by atoms with E-state index in [1.165, 1.54) is 11.1 Å². The number of allylic oxidation sites excluding steroid dienone is 7. The summed E-state index contributed by atoms with van der Waals surface area (Å²) in [6.45, 7) is 5.87. The summed E-state index contributed by atoms with van der Waals surface area (Å²) in [6.07, 6.45) is 12.6. The van der Waals surface area contributed by atoms with Gasteiger partial charge in [0.25, 0.3) is 0 Å². The first-order valence-corrected chi connectivity index (χ1v) is 4.06. The summed E-state index contributed by atoms with van der Waals surface area (Å²) in [7, 11) is 0. The van der Waals surface area contributed by atoms with Crippen LogP contribution in [-0.2, 0) is 20.1 Å².